The number of rotatable bonds is 8. The molecular weight excluding hydrogens is 162 g/mol. The minimum absolute atomic E-state index is 0.703. The van der Waals surface area contributed by atoms with Gasteiger partial charge in [0, 0.05) is 19.3 Å². The van der Waals surface area contributed by atoms with Crippen LogP contribution in [0.4, 0.5) is 0 Å². The van der Waals surface area contributed by atoms with Crippen LogP contribution in [0, 0.1) is 5.92 Å². The maximum atomic E-state index is 5.27. The lowest BCUT2D eigenvalue weighted by Crippen LogP contribution is -2.28. The zero-order valence-corrected chi connectivity index (χ0v) is 9.01. The van der Waals surface area contributed by atoms with E-state index >= 15 is 0 Å². The SMILES string of the molecule is CCOCCCNC(C)CC1CC1. The van der Waals surface area contributed by atoms with Gasteiger partial charge in [-0.25, -0.2) is 0 Å². The molecule has 0 aliphatic heterocycles. The molecule has 1 aliphatic rings. The molecule has 1 rings (SSSR count). The Morgan fingerprint density at radius 2 is 2.23 bits per heavy atom. The van der Waals surface area contributed by atoms with E-state index in [-0.39, 0.29) is 0 Å². The Bertz CT molecular complexity index is 123. The van der Waals surface area contributed by atoms with E-state index in [1.54, 1.807) is 0 Å². The third kappa shape index (κ3) is 6.05. The van der Waals surface area contributed by atoms with Crippen LogP contribution < -0.4 is 5.32 Å². The first-order valence-corrected chi connectivity index (χ1v) is 5.64. The standard InChI is InChI=1S/C11H23NO/c1-3-13-8-4-7-12-10(2)9-11-5-6-11/h10-12H,3-9H2,1-2H3. The van der Waals surface area contributed by atoms with Gasteiger partial charge in [-0.05, 0) is 39.2 Å². The van der Waals surface area contributed by atoms with Crippen molar-refractivity contribution in [1.82, 2.24) is 5.32 Å². The van der Waals surface area contributed by atoms with Gasteiger partial charge in [-0.2, -0.15) is 0 Å². The summed E-state index contributed by atoms with van der Waals surface area (Å²) in [5.74, 6) is 1.04. The van der Waals surface area contributed by atoms with Gasteiger partial charge in [-0.3, -0.25) is 0 Å². The molecule has 1 atom stereocenters. The number of hydrogen-bond donors (Lipinski definition) is 1. The summed E-state index contributed by atoms with van der Waals surface area (Å²) in [6, 6.07) is 0.703. The zero-order chi connectivity index (χ0) is 9.52. The van der Waals surface area contributed by atoms with Gasteiger partial charge in [0.25, 0.3) is 0 Å². The van der Waals surface area contributed by atoms with Crippen molar-refractivity contribution in [3.05, 3.63) is 0 Å². The molecule has 1 fully saturated rings. The predicted molar refractivity (Wildman–Crippen MR) is 55.9 cm³/mol. The van der Waals surface area contributed by atoms with E-state index in [0.717, 1.165) is 32.1 Å². The highest BCUT2D eigenvalue weighted by molar-refractivity contribution is 4.77. The summed E-state index contributed by atoms with van der Waals surface area (Å²) in [5.41, 5.74) is 0. The third-order valence-corrected chi connectivity index (χ3v) is 2.55. The molecule has 0 spiro atoms. The van der Waals surface area contributed by atoms with Gasteiger partial charge in [0.2, 0.25) is 0 Å². The first kappa shape index (κ1) is 11.0. The Balaban J connectivity index is 1.80. The van der Waals surface area contributed by atoms with Crippen molar-refractivity contribution in [3.8, 4) is 0 Å². The van der Waals surface area contributed by atoms with Crippen LogP contribution in [0.2, 0.25) is 0 Å². The van der Waals surface area contributed by atoms with Crippen LogP contribution in [-0.2, 0) is 4.74 Å². The predicted octanol–water partition coefficient (Wildman–Crippen LogP) is 2.19. The molecule has 0 radical (unpaired) electrons. The Hall–Kier alpha value is -0.0800. The normalized spacial score (nSPS) is 18.9. The second-order valence-corrected chi connectivity index (χ2v) is 4.08. The highest BCUT2D eigenvalue weighted by atomic mass is 16.5. The highest BCUT2D eigenvalue weighted by Crippen LogP contribution is 2.33. The summed E-state index contributed by atoms with van der Waals surface area (Å²) in [5, 5.41) is 3.53. The number of ether oxygens (including phenoxy) is 1. The average molecular weight is 185 g/mol. The lowest BCUT2D eigenvalue weighted by molar-refractivity contribution is 0.144. The van der Waals surface area contributed by atoms with Crippen molar-refractivity contribution in [2.45, 2.75) is 45.6 Å². The van der Waals surface area contributed by atoms with Crippen molar-refractivity contribution in [1.29, 1.82) is 0 Å². The molecule has 2 heteroatoms. The van der Waals surface area contributed by atoms with Crippen molar-refractivity contribution >= 4 is 0 Å². The maximum absolute atomic E-state index is 5.27. The molecule has 0 aromatic carbocycles. The van der Waals surface area contributed by atoms with Gasteiger partial charge >= 0.3 is 0 Å². The molecule has 0 amide bonds. The Labute approximate surface area is 82.0 Å². The monoisotopic (exact) mass is 185 g/mol. The molecule has 0 saturated heterocycles. The van der Waals surface area contributed by atoms with Gasteiger partial charge < -0.3 is 10.1 Å². The summed E-state index contributed by atoms with van der Waals surface area (Å²) < 4.78 is 5.27. The lowest BCUT2D eigenvalue weighted by Gasteiger charge is -2.12. The molecule has 0 aromatic rings. The summed E-state index contributed by atoms with van der Waals surface area (Å²) in [6.45, 7) is 7.19. The van der Waals surface area contributed by atoms with E-state index in [1.807, 2.05) is 6.92 Å². The van der Waals surface area contributed by atoms with Gasteiger partial charge in [-0.1, -0.05) is 12.8 Å². The fraction of sp³-hybridized carbons (Fsp3) is 1.00. The Morgan fingerprint density at radius 1 is 1.46 bits per heavy atom. The smallest absolute Gasteiger partial charge is 0.0477 e. The second kappa shape index (κ2) is 6.39. The number of hydrogen-bond acceptors (Lipinski definition) is 2. The Morgan fingerprint density at radius 3 is 2.85 bits per heavy atom. The van der Waals surface area contributed by atoms with Crippen LogP contribution in [0.5, 0.6) is 0 Å². The first-order valence-electron chi connectivity index (χ1n) is 5.64. The average Bonchev–Trinajstić information content (AvgIpc) is 2.88. The van der Waals surface area contributed by atoms with Crippen LogP contribution >= 0.6 is 0 Å². The Kier molecular flexibility index (Phi) is 5.40. The largest absolute Gasteiger partial charge is 0.382 e. The summed E-state index contributed by atoms with van der Waals surface area (Å²) in [6.07, 6.45) is 5.44. The lowest BCUT2D eigenvalue weighted by atomic mass is 10.1. The van der Waals surface area contributed by atoms with Gasteiger partial charge in [0.05, 0.1) is 0 Å². The molecule has 2 nitrogen and oxygen atoms in total. The maximum Gasteiger partial charge on any atom is 0.0477 e. The molecule has 13 heavy (non-hydrogen) atoms. The minimum atomic E-state index is 0.703. The van der Waals surface area contributed by atoms with E-state index < -0.39 is 0 Å². The first-order chi connectivity index (χ1) is 6.33. The highest BCUT2D eigenvalue weighted by Gasteiger charge is 2.22. The quantitative estimate of drug-likeness (QED) is 0.585. The van der Waals surface area contributed by atoms with Crippen LogP contribution in [0.25, 0.3) is 0 Å². The molecule has 0 heterocycles. The fourth-order valence-electron chi connectivity index (χ4n) is 1.60. The third-order valence-electron chi connectivity index (χ3n) is 2.55. The molecule has 1 N–H and O–H groups in total. The van der Waals surface area contributed by atoms with Gasteiger partial charge in [0.15, 0.2) is 0 Å². The van der Waals surface area contributed by atoms with E-state index in [0.29, 0.717) is 6.04 Å². The zero-order valence-electron chi connectivity index (χ0n) is 9.01. The molecule has 1 aliphatic carbocycles. The van der Waals surface area contributed by atoms with E-state index in [2.05, 4.69) is 12.2 Å². The molecule has 78 valence electrons. The summed E-state index contributed by atoms with van der Waals surface area (Å²) in [4.78, 5) is 0. The molecular formula is C11H23NO. The number of nitrogens with one attached hydrogen (secondary N) is 1. The van der Waals surface area contributed by atoms with Crippen molar-refractivity contribution in [2.24, 2.45) is 5.92 Å². The minimum Gasteiger partial charge on any atom is -0.382 e. The van der Waals surface area contributed by atoms with E-state index in [1.165, 1.54) is 19.3 Å². The van der Waals surface area contributed by atoms with Crippen molar-refractivity contribution < 1.29 is 4.74 Å². The van der Waals surface area contributed by atoms with Crippen LogP contribution in [0.3, 0.4) is 0 Å². The molecule has 0 bridgehead atoms. The van der Waals surface area contributed by atoms with Gasteiger partial charge in [-0.15, -0.1) is 0 Å². The molecule has 1 unspecified atom stereocenters. The molecule has 1 saturated carbocycles. The van der Waals surface area contributed by atoms with Gasteiger partial charge in [0.1, 0.15) is 0 Å². The van der Waals surface area contributed by atoms with Crippen molar-refractivity contribution in [3.63, 3.8) is 0 Å². The van der Waals surface area contributed by atoms with Crippen LogP contribution in [-0.4, -0.2) is 25.8 Å². The molecule has 0 aromatic heterocycles. The van der Waals surface area contributed by atoms with E-state index in [4.69, 9.17) is 4.74 Å². The summed E-state index contributed by atoms with van der Waals surface area (Å²) >= 11 is 0. The van der Waals surface area contributed by atoms with E-state index in [9.17, 15) is 0 Å². The topological polar surface area (TPSA) is 21.3 Å². The van der Waals surface area contributed by atoms with Crippen LogP contribution in [0.15, 0.2) is 0 Å². The fourth-order valence-corrected chi connectivity index (χ4v) is 1.60. The second-order valence-electron chi connectivity index (χ2n) is 4.08. The summed E-state index contributed by atoms with van der Waals surface area (Å²) in [7, 11) is 0. The van der Waals surface area contributed by atoms with Crippen molar-refractivity contribution in [2.75, 3.05) is 19.8 Å². The van der Waals surface area contributed by atoms with Crippen LogP contribution in [0.1, 0.15) is 39.5 Å².